The fourth-order valence-corrected chi connectivity index (χ4v) is 9.99. The highest BCUT2D eigenvalue weighted by Gasteiger charge is 2.59. The van der Waals surface area contributed by atoms with E-state index in [0.717, 1.165) is 48.3 Å². The summed E-state index contributed by atoms with van der Waals surface area (Å²) in [5, 5.41) is 4.69. The van der Waals surface area contributed by atoms with Crippen molar-refractivity contribution in [2.75, 3.05) is 7.11 Å². The number of rotatable bonds is 8. The number of para-hydroxylation sites is 1. The maximum Gasteiger partial charge on any atom is 0.177 e. The summed E-state index contributed by atoms with van der Waals surface area (Å²) in [5.74, 6) is 4.15. The van der Waals surface area contributed by atoms with Crippen LogP contribution in [0.15, 0.2) is 53.2 Å². The predicted molar refractivity (Wildman–Crippen MR) is 168 cm³/mol. The van der Waals surface area contributed by atoms with Crippen LogP contribution < -0.4 is 4.74 Å². The highest BCUT2D eigenvalue weighted by atomic mass is 16.7. The van der Waals surface area contributed by atoms with E-state index < -0.39 is 0 Å². The highest BCUT2D eigenvalue weighted by molar-refractivity contribution is 5.85. The van der Waals surface area contributed by atoms with Crippen LogP contribution in [-0.2, 0) is 20.9 Å². The molecule has 230 valence electrons. The minimum absolute atomic E-state index is 0.188. The summed E-state index contributed by atoms with van der Waals surface area (Å²) in [5.41, 5.74) is 4.49. The second-order valence-electron chi connectivity index (χ2n) is 14.4. The Morgan fingerprint density at radius 3 is 2.69 bits per heavy atom. The van der Waals surface area contributed by atoms with E-state index >= 15 is 0 Å². The minimum Gasteiger partial charge on any atom is -0.496 e. The fraction of sp³-hybridized carbons (Fsp3) is 0.703. The number of hydrogen-bond donors (Lipinski definition) is 0. The van der Waals surface area contributed by atoms with Crippen LogP contribution in [0.25, 0.3) is 0 Å². The molecule has 5 heteroatoms. The van der Waals surface area contributed by atoms with Gasteiger partial charge >= 0.3 is 0 Å². The first-order valence-corrected chi connectivity index (χ1v) is 16.7. The van der Waals surface area contributed by atoms with Crippen LogP contribution in [0.4, 0.5) is 0 Å². The van der Waals surface area contributed by atoms with Crippen molar-refractivity contribution in [1.29, 1.82) is 0 Å². The van der Waals surface area contributed by atoms with Crippen LogP contribution in [-0.4, -0.2) is 31.3 Å². The molecule has 3 fully saturated rings. The average molecular weight is 576 g/mol. The van der Waals surface area contributed by atoms with Crippen LogP contribution in [0.2, 0.25) is 0 Å². The first kappa shape index (κ1) is 29.9. The molecule has 4 unspecified atom stereocenters. The molecule has 4 aliphatic carbocycles. The Kier molecular flexibility index (Phi) is 8.64. The Balaban J connectivity index is 1.10. The first-order chi connectivity index (χ1) is 20.3. The Hall–Kier alpha value is -2.11. The number of allylic oxidation sites excluding steroid dienone is 1. The van der Waals surface area contributed by atoms with E-state index in [1.54, 1.807) is 12.7 Å². The van der Waals surface area contributed by atoms with Gasteiger partial charge in [0.05, 0.1) is 25.0 Å². The maximum absolute atomic E-state index is 6.56. The average Bonchev–Trinajstić information content (AvgIpc) is 3.36. The van der Waals surface area contributed by atoms with E-state index in [9.17, 15) is 0 Å². The van der Waals surface area contributed by atoms with Crippen LogP contribution >= 0.6 is 0 Å². The van der Waals surface area contributed by atoms with E-state index in [1.165, 1.54) is 44.2 Å². The molecular formula is C37H53NO4. The lowest BCUT2D eigenvalue weighted by molar-refractivity contribution is -0.188. The molecule has 0 saturated heterocycles. The van der Waals surface area contributed by atoms with Gasteiger partial charge in [-0.3, -0.25) is 0 Å². The number of hydrogen-bond acceptors (Lipinski definition) is 5. The van der Waals surface area contributed by atoms with E-state index in [1.807, 2.05) is 24.3 Å². The second-order valence-corrected chi connectivity index (χ2v) is 14.4. The van der Waals surface area contributed by atoms with Crippen molar-refractivity contribution < 1.29 is 19.0 Å². The number of fused-ring (bicyclic) bond motifs is 5. The van der Waals surface area contributed by atoms with Gasteiger partial charge in [0.15, 0.2) is 6.29 Å². The summed E-state index contributed by atoms with van der Waals surface area (Å²) in [6.45, 7) is 12.2. The van der Waals surface area contributed by atoms with Crippen LogP contribution in [0.1, 0.15) is 98.0 Å². The molecule has 1 aromatic rings. The van der Waals surface area contributed by atoms with Crippen molar-refractivity contribution in [3.05, 3.63) is 53.6 Å². The fourth-order valence-electron chi connectivity index (χ4n) is 9.99. The van der Waals surface area contributed by atoms with E-state index in [2.05, 4.69) is 58.0 Å². The minimum atomic E-state index is -0.188. The Bertz CT molecular complexity index is 1210. The van der Waals surface area contributed by atoms with Crippen molar-refractivity contribution >= 4 is 5.71 Å². The van der Waals surface area contributed by atoms with E-state index in [4.69, 9.17) is 19.0 Å². The van der Waals surface area contributed by atoms with E-state index in [-0.39, 0.29) is 18.5 Å². The molecule has 5 aliphatic rings. The number of benzene rings is 1. The molecule has 0 spiro atoms. The number of oxime groups is 1. The largest absolute Gasteiger partial charge is 0.496 e. The zero-order valence-corrected chi connectivity index (χ0v) is 26.8. The molecule has 0 N–H and O–H groups in total. The quantitative estimate of drug-likeness (QED) is 0.176. The van der Waals surface area contributed by atoms with Gasteiger partial charge in [0, 0.05) is 17.4 Å². The molecule has 0 aromatic heterocycles. The number of ether oxygens (including phenoxy) is 3. The number of methoxy groups -OCH3 is 1. The summed E-state index contributed by atoms with van der Waals surface area (Å²) in [6.07, 6.45) is 18.3. The van der Waals surface area contributed by atoms with Gasteiger partial charge in [-0.25, -0.2) is 0 Å². The van der Waals surface area contributed by atoms with Crippen molar-refractivity contribution in [3.8, 4) is 5.75 Å². The molecule has 0 radical (unpaired) electrons. The number of nitrogens with zero attached hydrogens (tertiary/aromatic N) is 1. The third-order valence-electron chi connectivity index (χ3n) is 12.4. The Labute approximate surface area is 254 Å². The summed E-state index contributed by atoms with van der Waals surface area (Å²) in [4.78, 5) is 5.91. The standard InChI is InChI=1S/C37H53NO4/c1-7-33-24(2)12-17-35(42-33)41-28-18-20-36(4)27(22-28)13-14-29-31-16-15-30(37(31,5)21-19-32(29)36)25(3)38-40-23-26-10-8-9-11-34(26)39-6/h8-13,17,24,28-33,35H,7,14-16,18-23H2,1-6H3/b38-25+/t24-,28-,29?,30+,31?,32?,33+,35?,36-,37+/m0/s1. The molecule has 10 atom stereocenters. The zero-order chi connectivity index (χ0) is 29.5. The van der Waals surface area contributed by atoms with Gasteiger partial charge in [0.1, 0.15) is 12.4 Å². The molecule has 1 aromatic carbocycles. The molecule has 1 aliphatic heterocycles. The van der Waals surface area contributed by atoms with Crippen molar-refractivity contribution in [2.45, 2.75) is 118 Å². The molecule has 0 bridgehead atoms. The molecule has 0 amide bonds. The van der Waals surface area contributed by atoms with Crippen LogP contribution in [0, 0.1) is 40.4 Å². The summed E-state index contributed by atoms with van der Waals surface area (Å²) in [6, 6.07) is 8.03. The van der Waals surface area contributed by atoms with Gasteiger partial charge in [-0.2, -0.15) is 0 Å². The van der Waals surface area contributed by atoms with Gasteiger partial charge in [-0.15, -0.1) is 0 Å². The second kappa shape index (κ2) is 12.1. The van der Waals surface area contributed by atoms with Crippen LogP contribution in [0.5, 0.6) is 5.75 Å². The van der Waals surface area contributed by atoms with Gasteiger partial charge < -0.3 is 19.0 Å². The molecule has 3 saturated carbocycles. The van der Waals surface area contributed by atoms with Crippen LogP contribution in [0.3, 0.4) is 0 Å². The summed E-state index contributed by atoms with van der Waals surface area (Å²) >= 11 is 0. The molecule has 42 heavy (non-hydrogen) atoms. The molecule has 1 heterocycles. The molecule has 5 nitrogen and oxygen atoms in total. The lowest BCUT2D eigenvalue weighted by Gasteiger charge is -2.58. The Morgan fingerprint density at radius 2 is 1.88 bits per heavy atom. The van der Waals surface area contributed by atoms with Gasteiger partial charge in [-0.1, -0.05) is 68.8 Å². The Morgan fingerprint density at radius 1 is 1.05 bits per heavy atom. The third-order valence-corrected chi connectivity index (χ3v) is 12.4. The lowest BCUT2D eigenvalue weighted by atomic mass is 9.47. The van der Waals surface area contributed by atoms with Gasteiger partial charge in [-0.05, 0) is 105 Å². The molecule has 6 rings (SSSR count). The topological polar surface area (TPSA) is 49.3 Å². The first-order valence-electron chi connectivity index (χ1n) is 16.7. The highest BCUT2D eigenvalue weighted by Crippen LogP contribution is 2.66. The van der Waals surface area contributed by atoms with E-state index in [0.29, 0.717) is 29.3 Å². The lowest BCUT2D eigenvalue weighted by Crippen LogP contribution is -2.51. The monoisotopic (exact) mass is 575 g/mol. The maximum atomic E-state index is 6.56. The van der Waals surface area contributed by atoms with Crippen molar-refractivity contribution in [2.24, 2.45) is 45.6 Å². The summed E-state index contributed by atoms with van der Waals surface area (Å²) < 4.78 is 18.3. The van der Waals surface area contributed by atoms with Crippen molar-refractivity contribution in [3.63, 3.8) is 0 Å². The smallest absolute Gasteiger partial charge is 0.177 e. The zero-order valence-electron chi connectivity index (χ0n) is 26.8. The predicted octanol–water partition coefficient (Wildman–Crippen LogP) is 8.88. The van der Waals surface area contributed by atoms with Gasteiger partial charge in [0.25, 0.3) is 0 Å². The van der Waals surface area contributed by atoms with Gasteiger partial charge in [0.2, 0.25) is 0 Å². The third kappa shape index (κ3) is 5.38. The SMILES string of the molecule is CC[C@H]1OC(O[C@H]2CC[C@@]3(C)C(=CCC4C3CC[C@@]3(C)C4CC[C@@H]3/C(C)=N/OCc3ccccc3OC)C2)C=C[C@@H]1C. The normalized spacial score (nSPS) is 41.4. The van der Waals surface area contributed by atoms with Crippen molar-refractivity contribution in [1.82, 2.24) is 0 Å². The summed E-state index contributed by atoms with van der Waals surface area (Å²) in [7, 11) is 1.71. The molecular weight excluding hydrogens is 522 g/mol.